The zero-order chi connectivity index (χ0) is 17.4. The summed E-state index contributed by atoms with van der Waals surface area (Å²) in [6.07, 6.45) is 0.954. The molecule has 0 saturated carbocycles. The molecule has 2 aromatic rings. The van der Waals surface area contributed by atoms with Crippen LogP contribution >= 0.6 is 23.4 Å². The number of thioether (sulfide) groups is 1. The largest absolute Gasteiger partial charge is 0.473 e. The standard InChI is InChI=1S/C18H24ClN3OS/c1-4-15(12-20-11-14-8-6-7-9-16(14)19)23-17-10-13(3)21-18(22-17)24-5-2/h6-10,15,20H,4-5,11-12H2,1-3H3. The second kappa shape index (κ2) is 9.87. The molecule has 0 aliphatic heterocycles. The van der Waals surface area contributed by atoms with E-state index in [2.05, 4.69) is 29.1 Å². The van der Waals surface area contributed by atoms with Crippen LogP contribution in [0.5, 0.6) is 5.88 Å². The van der Waals surface area contributed by atoms with Gasteiger partial charge in [0.1, 0.15) is 6.10 Å². The van der Waals surface area contributed by atoms with E-state index in [4.69, 9.17) is 16.3 Å². The molecule has 1 N–H and O–H groups in total. The van der Waals surface area contributed by atoms with Gasteiger partial charge in [0.15, 0.2) is 5.16 Å². The van der Waals surface area contributed by atoms with E-state index in [1.54, 1.807) is 11.8 Å². The van der Waals surface area contributed by atoms with Crippen LogP contribution in [0.15, 0.2) is 35.5 Å². The van der Waals surface area contributed by atoms with Crippen molar-refractivity contribution in [1.82, 2.24) is 15.3 Å². The molecule has 0 aliphatic rings. The number of aromatic nitrogens is 2. The number of aryl methyl sites for hydroxylation is 1. The Balaban J connectivity index is 1.91. The molecular weight excluding hydrogens is 342 g/mol. The van der Waals surface area contributed by atoms with Crippen LogP contribution in [0.1, 0.15) is 31.5 Å². The topological polar surface area (TPSA) is 47.0 Å². The van der Waals surface area contributed by atoms with Crippen molar-refractivity contribution in [2.24, 2.45) is 0 Å². The van der Waals surface area contributed by atoms with Gasteiger partial charge in [-0.1, -0.05) is 55.4 Å². The van der Waals surface area contributed by atoms with E-state index < -0.39 is 0 Å². The van der Waals surface area contributed by atoms with Crippen molar-refractivity contribution in [2.75, 3.05) is 12.3 Å². The van der Waals surface area contributed by atoms with E-state index in [0.29, 0.717) is 5.88 Å². The maximum atomic E-state index is 6.18. The molecule has 1 heterocycles. The number of rotatable bonds is 9. The minimum absolute atomic E-state index is 0.0567. The van der Waals surface area contributed by atoms with Crippen molar-refractivity contribution < 1.29 is 4.74 Å². The van der Waals surface area contributed by atoms with Gasteiger partial charge in [0, 0.05) is 29.9 Å². The third-order valence-corrected chi connectivity index (χ3v) is 4.57. The van der Waals surface area contributed by atoms with Gasteiger partial charge in [0.2, 0.25) is 5.88 Å². The Morgan fingerprint density at radius 3 is 2.75 bits per heavy atom. The van der Waals surface area contributed by atoms with Gasteiger partial charge in [-0.2, -0.15) is 4.98 Å². The van der Waals surface area contributed by atoms with Crippen LogP contribution < -0.4 is 10.1 Å². The molecule has 6 heteroatoms. The van der Waals surface area contributed by atoms with E-state index in [-0.39, 0.29) is 6.10 Å². The van der Waals surface area contributed by atoms with Crippen molar-refractivity contribution in [3.63, 3.8) is 0 Å². The average Bonchev–Trinajstić information content (AvgIpc) is 2.55. The molecule has 4 nitrogen and oxygen atoms in total. The molecule has 0 aliphatic carbocycles. The van der Waals surface area contributed by atoms with Gasteiger partial charge in [0.25, 0.3) is 0 Å². The summed E-state index contributed by atoms with van der Waals surface area (Å²) in [6, 6.07) is 9.75. The fraction of sp³-hybridized carbons (Fsp3) is 0.444. The Hall–Kier alpha value is -1.30. The van der Waals surface area contributed by atoms with Gasteiger partial charge in [-0.05, 0) is 30.7 Å². The minimum atomic E-state index is 0.0567. The molecule has 1 aromatic carbocycles. The molecule has 0 bridgehead atoms. The summed E-state index contributed by atoms with van der Waals surface area (Å²) in [5.74, 6) is 1.59. The maximum absolute atomic E-state index is 6.18. The highest BCUT2D eigenvalue weighted by molar-refractivity contribution is 7.99. The van der Waals surface area contributed by atoms with Crippen molar-refractivity contribution in [3.05, 3.63) is 46.6 Å². The van der Waals surface area contributed by atoms with E-state index in [0.717, 1.165) is 46.7 Å². The summed E-state index contributed by atoms with van der Waals surface area (Å²) >= 11 is 7.80. The van der Waals surface area contributed by atoms with Gasteiger partial charge in [-0.25, -0.2) is 4.98 Å². The minimum Gasteiger partial charge on any atom is -0.473 e. The first kappa shape index (κ1) is 19.0. The number of nitrogens with one attached hydrogen (secondary N) is 1. The summed E-state index contributed by atoms with van der Waals surface area (Å²) in [7, 11) is 0. The highest BCUT2D eigenvalue weighted by Crippen LogP contribution is 2.19. The monoisotopic (exact) mass is 365 g/mol. The number of ether oxygens (including phenoxy) is 1. The predicted molar refractivity (Wildman–Crippen MR) is 101 cm³/mol. The number of benzene rings is 1. The highest BCUT2D eigenvalue weighted by atomic mass is 35.5. The fourth-order valence-corrected chi connectivity index (χ4v) is 3.04. The molecule has 0 radical (unpaired) electrons. The lowest BCUT2D eigenvalue weighted by Crippen LogP contribution is -2.31. The summed E-state index contributed by atoms with van der Waals surface area (Å²) < 4.78 is 6.04. The molecule has 2 rings (SSSR count). The quantitative estimate of drug-likeness (QED) is 0.523. The lowest BCUT2D eigenvalue weighted by atomic mass is 10.2. The summed E-state index contributed by atoms with van der Waals surface area (Å²) in [5.41, 5.74) is 2.02. The van der Waals surface area contributed by atoms with Crippen molar-refractivity contribution in [3.8, 4) is 5.88 Å². The SMILES string of the molecule is CCSc1nc(C)cc(OC(CC)CNCc2ccccc2Cl)n1. The number of halogens is 1. The van der Waals surface area contributed by atoms with Crippen molar-refractivity contribution >= 4 is 23.4 Å². The van der Waals surface area contributed by atoms with Crippen LogP contribution in [-0.4, -0.2) is 28.4 Å². The van der Waals surface area contributed by atoms with Crippen LogP contribution in [-0.2, 0) is 6.54 Å². The van der Waals surface area contributed by atoms with E-state index in [1.165, 1.54) is 0 Å². The molecular formula is C18H24ClN3OS. The smallest absolute Gasteiger partial charge is 0.217 e. The van der Waals surface area contributed by atoms with E-state index >= 15 is 0 Å². The second-order valence-corrected chi connectivity index (χ2v) is 7.07. The summed E-state index contributed by atoms with van der Waals surface area (Å²) in [6.45, 7) is 7.62. The van der Waals surface area contributed by atoms with Crippen LogP contribution in [0.25, 0.3) is 0 Å². The predicted octanol–water partition coefficient (Wildman–Crippen LogP) is 4.50. The van der Waals surface area contributed by atoms with Crippen molar-refractivity contribution in [2.45, 2.75) is 45.0 Å². The molecule has 1 aromatic heterocycles. The number of hydrogen-bond donors (Lipinski definition) is 1. The number of nitrogens with zero attached hydrogens (tertiary/aromatic N) is 2. The first-order valence-electron chi connectivity index (χ1n) is 8.21. The van der Waals surface area contributed by atoms with Crippen molar-refractivity contribution in [1.29, 1.82) is 0 Å². The molecule has 0 amide bonds. The van der Waals surface area contributed by atoms with Gasteiger partial charge in [-0.3, -0.25) is 0 Å². The lowest BCUT2D eigenvalue weighted by molar-refractivity contribution is 0.183. The highest BCUT2D eigenvalue weighted by Gasteiger charge is 2.11. The fourth-order valence-electron chi connectivity index (χ4n) is 2.22. The van der Waals surface area contributed by atoms with Gasteiger partial charge >= 0.3 is 0 Å². The zero-order valence-corrected chi connectivity index (χ0v) is 16.0. The van der Waals surface area contributed by atoms with E-state index in [1.807, 2.05) is 37.3 Å². The third-order valence-electron chi connectivity index (χ3n) is 3.47. The molecule has 0 saturated heterocycles. The zero-order valence-electron chi connectivity index (χ0n) is 14.4. The molecule has 24 heavy (non-hydrogen) atoms. The lowest BCUT2D eigenvalue weighted by Gasteiger charge is -2.18. The molecule has 1 unspecified atom stereocenters. The van der Waals surface area contributed by atoms with E-state index in [9.17, 15) is 0 Å². The first-order valence-corrected chi connectivity index (χ1v) is 9.58. The Bertz CT molecular complexity index is 654. The van der Waals surface area contributed by atoms with Crippen LogP contribution in [0.3, 0.4) is 0 Å². The van der Waals surface area contributed by atoms with Gasteiger partial charge in [0.05, 0.1) is 0 Å². The molecule has 130 valence electrons. The summed E-state index contributed by atoms with van der Waals surface area (Å²) in [4.78, 5) is 8.88. The Labute approximate surface area is 153 Å². The summed E-state index contributed by atoms with van der Waals surface area (Å²) in [5, 5.41) is 4.96. The average molecular weight is 366 g/mol. The third kappa shape index (κ3) is 5.96. The Morgan fingerprint density at radius 2 is 2.04 bits per heavy atom. The Kier molecular flexibility index (Phi) is 7.82. The number of hydrogen-bond acceptors (Lipinski definition) is 5. The molecule has 0 spiro atoms. The van der Waals surface area contributed by atoms with Gasteiger partial charge < -0.3 is 10.1 Å². The Morgan fingerprint density at radius 1 is 1.25 bits per heavy atom. The normalized spacial score (nSPS) is 12.2. The second-order valence-electron chi connectivity index (χ2n) is 5.43. The molecule has 0 fully saturated rings. The van der Waals surface area contributed by atoms with Crippen LogP contribution in [0, 0.1) is 6.92 Å². The van der Waals surface area contributed by atoms with Gasteiger partial charge in [-0.15, -0.1) is 0 Å². The molecule has 1 atom stereocenters. The maximum Gasteiger partial charge on any atom is 0.217 e. The van der Waals surface area contributed by atoms with Crippen LogP contribution in [0.2, 0.25) is 5.02 Å². The van der Waals surface area contributed by atoms with Crippen LogP contribution in [0.4, 0.5) is 0 Å². The first-order chi connectivity index (χ1) is 11.6.